The Morgan fingerprint density at radius 1 is 1.43 bits per heavy atom. The number of nitrogens with zero attached hydrogens (tertiary/aromatic N) is 1. The molecule has 6 heteroatoms. The molecule has 0 saturated carbocycles. The van der Waals surface area contributed by atoms with E-state index < -0.39 is 5.60 Å². The minimum atomic E-state index is -0.457. The number of hydrogen-bond acceptors (Lipinski definition) is 4. The van der Waals surface area contributed by atoms with Gasteiger partial charge in [0.1, 0.15) is 5.60 Å². The molecule has 2 aliphatic heterocycles. The molecule has 2 fully saturated rings. The van der Waals surface area contributed by atoms with Gasteiger partial charge in [0, 0.05) is 25.6 Å². The molecule has 2 saturated heterocycles. The van der Waals surface area contributed by atoms with Gasteiger partial charge in [-0.1, -0.05) is 0 Å². The molecule has 2 heterocycles. The smallest absolute Gasteiger partial charge is 0.410 e. The number of ether oxygens (including phenoxy) is 2. The van der Waals surface area contributed by atoms with E-state index in [0.29, 0.717) is 32.2 Å². The van der Waals surface area contributed by atoms with Crippen LogP contribution in [0.1, 0.15) is 40.0 Å². The topological polar surface area (TPSA) is 67.9 Å². The molecule has 0 aliphatic carbocycles. The average Bonchev–Trinajstić information content (AvgIpc) is 2.78. The number of carbonyl (C=O) groups excluding carboxylic acids is 2. The van der Waals surface area contributed by atoms with Gasteiger partial charge in [-0.2, -0.15) is 0 Å². The summed E-state index contributed by atoms with van der Waals surface area (Å²) in [5, 5.41) is 2.72. The molecule has 1 spiro atoms. The second-order valence-corrected chi connectivity index (χ2v) is 7.06. The van der Waals surface area contributed by atoms with Crippen molar-refractivity contribution < 1.29 is 19.1 Å². The average molecular weight is 298 g/mol. The zero-order valence-corrected chi connectivity index (χ0v) is 13.2. The second-order valence-electron chi connectivity index (χ2n) is 7.06. The summed E-state index contributed by atoms with van der Waals surface area (Å²) in [6, 6.07) is 0. The highest BCUT2D eigenvalue weighted by Crippen LogP contribution is 2.38. The Kier molecular flexibility index (Phi) is 4.76. The monoisotopic (exact) mass is 298 g/mol. The van der Waals surface area contributed by atoms with Crippen LogP contribution in [0.15, 0.2) is 0 Å². The molecule has 1 atom stereocenters. The lowest BCUT2D eigenvalue weighted by atomic mass is 9.85. The quantitative estimate of drug-likeness (QED) is 0.803. The molecule has 21 heavy (non-hydrogen) atoms. The highest BCUT2D eigenvalue weighted by atomic mass is 16.6. The van der Waals surface area contributed by atoms with Crippen LogP contribution in [0.25, 0.3) is 0 Å². The second kappa shape index (κ2) is 6.22. The fraction of sp³-hybridized carbons (Fsp3) is 0.867. The van der Waals surface area contributed by atoms with Crippen molar-refractivity contribution in [2.45, 2.75) is 51.2 Å². The first kappa shape index (κ1) is 16.1. The molecule has 2 aliphatic rings. The predicted octanol–water partition coefficient (Wildman–Crippen LogP) is 1.54. The summed E-state index contributed by atoms with van der Waals surface area (Å²) in [6.45, 7) is 8.32. The Morgan fingerprint density at radius 2 is 2.10 bits per heavy atom. The Bertz CT molecular complexity index is 384. The Hall–Kier alpha value is -1.30. The molecule has 1 N–H and O–H groups in total. The van der Waals surface area contributed by atoms with Gasteiger partial charge in [0.2, 0.25) is 6.41 Å². The van der Waals surface area contributed by atoms with Crippen molar-refractivity contribution in [1.82, 2.24) is 10.2 Å². The molecule has 0 radical (unpaired) electrons. The highest BCUT2D eigenvalue weighted by molar-refractivity contribution is 5.68. The first-order valence-corrected chi connectivity index (χ1v) is 7.62. The summed E-state index contributed by atoms with van der Waals surface area (Å²) in [7, 11) is 0. The number of hydrogen-bond donors (Lipinski definition) is 1. The maximum absolute atomic E-state index is 12.0. The van der Waals surface area contributed by atoms with Crippen LogP contribution in [-0.4, -0.2) is 54.8 Å². The van der Waals surface area contributed by atoms with Crippen molar-refractivity contribution in [1.29, 1.82) is 0 Å². The maximum atomic E-state index is 12.0. The van der Waals surface area contributed by atoms with E-state index in [1.165, 1.54) is 0 Å². The molecule has 2 amide bonds. The summed E-state index contributed by atoms with van der Waals surface area (Å²) in [6.07, 6.45) is 3.12. The van der Waals surface area contributed by atoms with E-state index >= 15 is 0 Å². The van der Waals surface area contributed by atoms with Crippen LogP contribution in [0.2, 0.25) is 0 Å². The lowest BCUT2D eigenvalue weighted by Crippen LogP contribution is -2.48. The van der Waals surface area contributed by atoms with Gasteiger partial charge in [0.25, 0.3) is 0 Å². The summed E-state index contributed by atoms with van der Waals surface area (Å²) in [4.78, 5) is 24.1. The number of carbonyl (C=O) groups is 2. The van der Waals surface area contributed by atoms with E-state index in [4.69, 9.17) is 9.47 Å². The van der Waals surface area contributed by atoms with Crippen LogP contribution in [0.3, 0.4) is 0 Å². The molecule has 0 aromatic heterocycles. The van der Waals surface area contributed by atoms with Gasteiger partial charge >= 0.3 is 6.09 Å². The summed E-state index contributed by atoms with van der Waals surface area (Å²) in [5.41, 5.74) is -0.574. The normalized spacial score (nSPS) is 24.9. The largest absolute Gasteiger partial charge is 0.444 e. The summed E-state index contributed by atoms with van der Waals surface area (Å²) in [5.74, 6) is 0.378. The van der Waals surface area contributed by atoms with Gasteiger partial charge in [-0.3, -0.25) is 4.79 Å². The fourth-order valence-corrected chi connectivity index (χ4v) is 3.06. The van der Waals surface area contributed by atoms with E-state index in [0.717, 1.165) is 25.7 Å². The minimum absolute atomic E-state index is 0.117. The first-order chi connectivity index (χ1) is 9.84. The number of piperidine rings is 1. The first-order valence-electron chi connectivity index (χ1n) is 7.62. The van der Waals surface area contributed by atoms with Gasteiger partial charge in [0.05, 0.1) is 12.2 Å². The Labute approximate surface area is 126 Å². The van der Waals surface area contributed by atoms with Crippen LogP contribution < -0.4 is 5.32 Å². The maximum Gasteiger partial charge on any atom is 0.410 e. The molecule has 0 bridgehead atoms. The Balaban J connectivity index is 1.81. The van der Waals surface area contributed by atoms with Gasteiger partial charge in [0.15, 0.2) is 0 Å². The van der Waals surface area contributed by atoms with E-state index in [-0.39, 0.29) is 11.7 Å². The minimum Gasteiger partial charge on any atom is -0.444 e. The number of likely N-dealkylation sites (tertiary alicyclic amines) is 1. The van der Waals surface area contributed by atoms with Crippen molar-refractivity contribution in [2.24, 2.45) is 5.92 Å². The standard InChI is InChI=1S/C15H26N2O4/c1-14(2,3)21-13(19)17-6-4-15(5-7-17)8-12(10-20-15)9-16-11-18/h11-12H,4-10H2,1-3H3,(H,16,18). The number of amides is 2. The zero-order valence-electron chi connectivity index (χ0n) is 13.2. The van der Waals surface area contributed by atoms with Crippen molar-refractivity contribution >= 4 is 12.5 Å². The predicted molar refractivity (Wildman–Crippen MR) is 77.9 cm³/mol. The molecule has 120 valence electrons. The van der Waals surface area contributed by atoms with Crippen molar-refractivity contribution in [2.75, 3.05) is 26.2 Å². The van der Waals surface area contributed by atoms with Crippen molar-refractivity contribution in [3.8, 4) is 0 Å². The van der Waals surface area contributed by atoms with Crippen molar-refractivity contribution in [3.63, 3.8) is 0 Å². The van der Waals surface area contributed by atoms with Crippen LogP contribution in [0, 0.1) is 5.92 Å². The van der Waals surface area contributed by atoms with E-state index in [1.54, 1.807) is 4.90 Å². The molecular weight excluding hydrogens is 272 g/mol. The molecule has 6 nitrogen and oxygen atoms in total. The van der Waals surface area contributed by atoms with Gasteiger partial charge < -0.3 is 19.7 Å². The van der Waals surface area contributed by atoms with E-state index in [1.807, 2.05) is 20.8 Å². The van der Waals surface area contributed by atoms with E-state index in [2.05, 4.69) is 5.32 Å². The SMILES string of the molecule is CC(C)(C)OC(=O)N1CCC2(CC1)CC(CNC=O)CO2. The highest BCUT2D eigenvalue weighted by Gasteiger charge is 2.43. The van der Waals surface area contributed by atoms with Gasteiger partial charge in [-0.25, -0.2) is 4.79 Å². The van der Waals surface area contributed by atoms with Crippen LogP contribution in [0.4, 0.5) is 4.79 Å². The van der Waals surface area contributed by atoms with Crippen LogP contribution in [0.5, 0.6) is 0 Å². The molecule has 2 rings (SSSR count). The summed E-state index contributed by atoms with van der Waals surface area (Å²) < 4.78 is 11.4. The molecule has 0 aromatic carbocycles. The van der Waals surface area contributed by atoms with Gasteiger partial charge in [-0.15, -0.1) is 0 Å². The number of nitrogens with one attached hydrogen (secondary N) is 1. The fourth-order valence-electron chi connectivity index (χ4n) is 3.06. The van der Waals surface area contributed by atoms with Crippen LogP contribution >= 0.6 is 0 Å². The van der Waals surface area contributed by atoms with E-state index in [9.17, 15) is 9.59 Å². The van der Waals surface area contributed by atoms with Crippen molar-refractivity contribution in [3.05, 3.63) is 0 Å². The zero-order chi connectivity index (χ0) is 15.5. The number of rotatable bonds is 3. The lowest BCUT2D eigenvalue weighted by molar-refractivity contribution is -0.109. The molecular formula is C15H26N2O4. The Morgan fingerprint density at radius 3 is 2.67 bits per heavy atom. The van der Waals surface area contributed by atoms with Gasteiger partial charge in [-0.05, 0) is 40.0 Å². The van der Waals surface area contributed by atoms with Crippen LogP contribution in [-0.2, 0) is 14.3 Å². The third-order valence-electron chi connectivity index (χ3n) is 4.10. The third kappa shape index (κ3) is 4.33. The molecule has 1 unspecified atom stereocenters. The molecule has 0 aromatic rings. The summed E-state index contributed by atoms with van der Waals surface area (Å²) >= 11 is 0. The third-order valence-corrected chi connectivity index (χ3v) is 4.10. The lowest BCUT2D eigenvalue weighted by Gasteiger charge is -2.39.